The maximum absolute atomic E-state index is 11.2. The fraction of sp³-hybridized carbons (Fsp3) is 0.167. The van der Waals surface area contributed by atoms with E-state index in [-0.39, 0.29) is 22.9 Å². The molecule has 0 fully saturated rings. The molecule has 0 saturated heterocycles. The van der Waals surface area contributed by atoms with E-state index in [1.54, 1.807) is 0 Å². The zero-order valence-corrected chi connectivity index (χ0v) is 9.31. The Morgan fingerprint density at radius 1 is 1.35 bits per heavy atom. The molecule has 5 heteroatoms. The molecule has 1 aromatic carbocycles. The number of hydrogen-bond donors (Lipinski definition) is 1. The zero-order chi connectivity index (χ0) is 12.6. The van der Waals surface area contributed by atoms with Gasteiger partial charge in [0.15, 0.2) is 11.5 Å². The van der Waals surface area contributed by atoms with E-state index in [4.69, 9.17) is 14.3 Å². The van der Waals surface area contributed by atoms with E-state index in [0.717, 1.165) is 0 Å². The van der Waals surface area contributed by atoms with Gasteiger partial charge in [-0.3, -0.25) is 4.79 Å². The number of Topliss-reactive ketones (excluding diaryl/α,β-unsaturated/α-hetero) is 1. The Labute approximate surface area is 96.6 Å². The van der Waals surface area contributed by atoms with Gasteiger partial charge in [-0.15, -0.1) is 0 Å². The van der Waals surface area contributed by atoms with Crippen LogP contribution in [0.5, 0.6) is 5.75 Å². The lowest BCUT2D eigenvalue weighted by Crippen LogP contribution is -2.00. The summed E-state index contributed by atoms with van der Waals surface area (Å²) in [5.74, 6) is -0.929. The van der Waals surface area contributed by atoms with Crippen LogP contribution in [-0.4, -0.2) is 24.0 Å². The number of rotatable bonds is 3. The summed E-state index contributed by atoms with van der Waals surface area (Å²) in [4.78, 5) is 22.2. The number of hydrogen-bond acceptors (Lipinski definition) is 4. The third-order valence-corrected chi connectivity index (χ3v) is 2.43. The fourth-order valence-electron chi connectivity index (χ4n) is 1.65. The van der Waals surface area contributed by atoms with Crippen molar-refractivity contribution in [2.75, 3.05) is 7.11 Å². The Bertz CT molecular complexity index is 609. The Morgan fingerprint density at radius 3 is 2.59 bits per heavy atom. The highest BCUT2D eigenvalue weighted by Crippen LogP contribution is 2.32. The first-order valence-corrected chi connectivity index (χ1v) is 4.89. The average Bonchev–Trinajstić information content (AvgIpc) is 2.70. The van der Waals surface area contributed by atoms with Crippen molar-refractivity contribution in [3.63, 3.8) is 0 Å². The summed E-state index contributed by atoms with van der Waals surface area (Å²) in [6.45, 7) is 1.38. The third kappa shape index (κ3) is 1.75. The van der Waals surface area contributed by atoms with Crippen molar-refractivity contribution in [2.45, 2.75) is 6.92 Å². The number of furan rings is 1. The van der Waals surface area contributed by atoms with Gasteiger partial charge in [0.1, 0.15) is 16.9 Å². The molecule has 1 heterocycles. The molecule has 0 amide bonds. The summed E-state index contributed by atoms with van der Waals surface area (Å²) in [7, 11) is 1.38. The number of carboxylic acid groups (broad SMARTS) is 1. The second-order valence-corrected chi connectivity index (χ2v) is 3.53. The standard InChI is InChI=1S/C12H10O5/c1-6(13)10-5-8-9(17-10)4-3-7(12(14)15)11(8)16-2/h3-5H,1-2H3,(H,14,15). The van der Waals surface area contributed by atoms with Gasteiger partial charge in [0.05, 0.1) is 12.5 Å². The highest BCUT2D eigenvalue weighted by atomic mass is 16.5. The second-order valence-electron chi connectivity index (χ2n) is 3.53. The van der Waals surface area contributed by atoms with Crippen molar-refractivity contribution < 1.29 is 23.8 Å². The first-order chi connectivity index (χ1) is 8.04. The van der Waals surface area contributed by atoms with Gasteiger partial charge in [-0.25, -0.2) is 4.79 Å². The molecular weight excluding hydrogens is 224 g/mol. The van der Waals surface area contributed by atoms with Gasteiger partial charge in [0.2, 0.25) is 0 Å². The molecule has 2 rings (SSSR count). The molecule has 2 aromatic rings. The summed E-state index contributed by atoms with van der Waals surface area (Å²) in [5, 5.41) is 9.48. The minimum Gasteiger partial charge on any atom is -0.495 e. The molecular formula is C12H10O5. The summed E-state index contributed by atoms with van der Waals surface area (Å²) >= 11 is 0. The van der Waals surface area contributed by atoms with Gasteiger partial charge in [0.25, 0.3) is 0 Å². The number of ether oxygens (including phenoxy) is 1. The van der Waals surface area contributed by atoms with Crippen molar-refractivity contribution in [2.24, 2.45) is 0 Å². The van der Waals surface area contributed by atoms with Gasteiger partial charge in [-0.05, 0) is 18.2 Å². The molecule has 0 atom stereocenters. The maximum atomic E-state index is 11.2. The minimum absolute atomic E-state index is 0.0379. The van der Waals surface area contributed by atoms with Crippen molar-refractivity contribution in [1.82, 2.24) is 0 Å². The van der Waals surface area contributed by atoms with Crippen LogP contribution in [0, 0.1) is 0 Å². The first-order valence-electron chi connectivity index (χ1n) is 4.89. The molecule has 1 aromatic heterocycles. The third-order valence-electron chi connectivity index (χ3n) is 2.43. The van der Waals surface area contributed by atoms with Gasteiger partial charge in [0, 0.05) is 6.92 Å². The highest BCUT2D eigenvalue weighted by molar-refractivity contribution is 6.02. The van der Waals surface area contributed by atoms with Crippen LogP contribution in [0.1, 0.15) is 27.8 Å². The van der Waals surface area contributed by atoms with Gasteiger partial charge in [-0.1, -0.05) is 0 Å². The van der Waals surface area contributed by atoms with E-state index in [2.05, 4.69) is 0 Å². The number of fused-ring (bicyclic) bond motifs is 1. The lowest BCUT2D eigenvalue weighted by Gasteiger charge is -2.04. The summed E-state index contributed by atoms with van der Waals surface area (Å²) in [6, 6.07) is 4.38. The van der Waals surface area contributed by atoms with Crippen LogP contribution in [0.3, 0.4) is 0 Å². The molecule has 0 aliphatic rings. The normalized spacial score (nSPS) is 10.5. The monoisotopic (exact) mass is 234 g/mol. The van der Waals surface area contributed by atoms with Crippen molar-refractivity contribution >= 4 is 22.7 Å². The molecule has 0 bridgehead atoms. The van der Waals surface area contributed by atoms with Crippen LogP contribution in [0.25, 0.3) is 11.0 Å². The molecule has 88 valence electrons. The Balaban J connectivity index is 2.76. The number of aromatic carboxylic acids is 1. The number of methoxy groups -OCH3 is 1. The number of carbonyl (C=O) groups is 2. The smallest absolute Gasteiger partial charge is 0.339 e. The number of carbonyl (C=O) groups excluding carboxylic acids is 1. The lowest BCUT2D eigenvalue weighted by atomic mass is 10.1. The summed E-state index contributed by atoms with van der Waals surface area (Å²) in [5.41, 5.74) is 0.466. The fourth-order valence-corrected chi connectivity index (χ4v) is 1.65. The Hall–Kier alpha value is -2.30. The lowest BCUT2D eigenvalue weighted by molar-refractivity contribution is 0.0693. The predicted octanol–water partition coefficient (Wildman–Crippen LogP) is 2.34. The molecule has 0 aliphatic heterocycles. The molecule has 0 spiro atoms. The van der Waals surface area contributed by atoms with E-state index in [1.165, 1.54) is 32.2 Å². The molecule has 5 nitrogen and oxygen atoms in total. The quantitative estimate of drug-likeness (QED) is 0.825. The predicted molar refractivity (Wildman–Crippen MR) is 59.7 cm³/mol. The highest BCUT2D eigenvalue weighted by Gasteiger charge is 2.18. The van der Waals surface area contributed by atoms with Gasteiger partial charge >= 0.3 is 5.97 Å². The molecule has 17 heavy (non-hydrogen) atoms. The van der Waals surface area contributed by atoms with E-state index in [9.17, 15) is 9.59 Å². The van der Waals surface area contributed by atoms with Crippen LogP contribution in [0.2, 0.25) is 0 Å². The van der Waals surface area contributed by atoms with Crippen molar-refractivity contribution in [3.8, 4) is 5.75 Å². The van der Waals surface area contributed by atoms with Gasteiger partial charge < -0.3 is 14.3 Å². The Morgan fingerprint density at radius 2 is 2.06 bits per heavy atom. The molecule has 0 unspecified atom stereocenters. The van der Waals surface area contributed by atoms with E-state index >= 15 is 0 Å². The molecule has 0 aliphatic carbocycles. The zero-order valence-electron chi connectivity index (χ0n) is 9.31. The number of carboxylic acids is 1. The molecule has 0 saturated carbocycles. The largest absolute Gasteiger partial charge is 0.495 e. The van der Waals surface area contributed by atoms with Crippen LogP contribution in [0.4, 0.5) is 0 Å². The van der Waals surface area contributed by atoms with Crippen molar-refractivity contribution in [1.29, 1.82) is 0 Å². The van der Waals surface area contributed by atoms with Crippen LogP contribution < -0.4 is 4.74 Å². The van der Waals surface area contributed by atoms with Crippen LogP contribution in [0.15, 0.2) is 22.6 Å². The van der Waals surface area contributed by atoms with E-state index in [1.807, 2.05) is 0 Å². The van der Waals surface area contributed by atoms with Crippen LogP contribution in [-0.2, 0) is 0 Å². The molecule has 1 N–H and O–H groups in total. The maximum Gasteiger partial charge on any atom is 0.339 e. The van der Waals surface area contributed by atoms with E-state index < -0.39 is 5.97 Å². The Kier molecular flexibility index (Phi) is 2.59. The van der Waals surface area contributed by atoms with Gasteiger partial charge in [-0.2, -0.15) is 0 Å². The SMILES string of the molecule is COc1c(C(=O)O)ccc2oc(C(C)=O)cc12. The average molecular weight is 234 g/mol. The number of benzene rings is 1. The van der Waals surface area contributed by atoms with Crippen LogP contribution >= 0.6 is 0 Å². The second kappa shape index (κ2) is 3.93. The van der Waals surface area contributed by atoms with Crippen molar-refractivity contribution in [3.05, 3.63) is 29.5 Å². The molecule has 0 radical (unpaired) electrons. The summed E-state index contributed by atoms with van der Waals surface area (Å²) < 4.78 is 10.3. The number of ketones is 1. The minimum atomic E-state index is -1.09. The topological polar surface area (TPSA) is 76.7 Å². The first kappa shape index (κ1) is 11.2. The van der Waals surface area contributed by atoms with E-state index in [0.29, 0.717) is 11.0 Å². The summed E-state index contributed by atoms with van der Waals surface area (Å²) in [6.07, 6.45) is 0.